The van der Waals surface area contributed by atoms with E-state index in [0.717, 1.165) is 0 Å². The SMILES string of the molecule is C=CCCC(C)(O)c1ccc(OC)c(F)c1. The zero-order valence-electron chi connectivity index (χ0n) is 9.66. The van der Waals surface area contributed by atoms with E-state index in [-0.39, 0.29) is 5.75 Å². The Hall–Kier alpha value is -1.35. The lowest BCUT2D eigenvalue weighted by Crippen LogP contribution is -2.20. The van der Waals surface area contributed by atoms with Crippen molar-refractivity contribution in [2.75, 3.05) is 7.11 Å². The number of aliphatic hydroxyl groups is 1. The first kappa shape index (κ1) is 12.7. The quantitative estimate of drug-likeness (QED) is 0.779. The minimum Gasteiger partial charge on any atom is -0.494 e. The zero-order chi connectivity index (χ0) is 12.2. The fraction of sp³-hybridized carbons (Fsp3) is 0.385. The van der Waals surface area contributed by atoms with Gasteiger partial charge < -0.3 is 9.84 Å². The summed E-state index contributed by atoms with van der Waals surface area (Å²) in [6.45, 7) is 5.26. The molecule has 0 aliphatic rings. The third-order valence-electron chi connectivity index (χ3n) is 2.61. The molecule has 0 amide bonds. The highest BCUT2D eigenvalue weighted by Crippen LogP contribution is 2.29. The van der Waals surface area contributed by atoms with E-state index < -0.39 is 11.4 Å². The lowest BCUT2D eigenvalue weighted by Gasteiger charge is -2.23. The second-order valence-corrected chi connectivity index (χ2v) is 3.95. The van der Waals surface area contributed by atoms with Gasteiger partial charge in [0.25, 0.3) is 0 Å². The third kappa shape index (κ3) is 2.83. The smallest absolute Gasteiger partial charge is 0.165 e. The zero-order valence-corrected chi connectivity index (χ0v) is 9.66. The molecule has 0 heterocycles. The topological polar surface area (TPSA) is 29.5 Å². The maximum atomic E-state index is 13.4. The van der Waals surface area contributed by atoms with Crippen LogP contribution in [0.1, 0.15) is 25.3 Å². The molecule has 1 aromatic carbocycles. The highest BCUT2D eigenvalue weighted by Gasteiger charge is 2.23. The molecule has 3 heteroatoms. The first-order chi connectivity index (χ1) is 7.51. The van der Waals surface area contributed by atoms with Crippen LogP contribution in [0.25, 0.3) is 0 Å². The lowest BCUT2D eigenvalue weighted by molar-refractivity contribution is 0.0484. The van der Waals surface area contributed by atoms with Gasteiger partial charge in [0.1, 0.15) is 0 Å². The predicted octanol–water partition coefficient (Wildman–Crippen LogP) is 3.01. The van der Waals surface area contributed by atoms with Crippen molar-refractivity contribution in [1.29, 1.82) is 0 Å². The van der Waals surface area contributed by atoms with E-state index in [9.17, 15) is 9.50 Å². The molecule has 0 fully saturated rings. The van der Waals surface area contributed by atoms with Crippen molar-refractivity contribution in [1.82, 2.24) is 0 Å². The van der Waals surface area contributed by atoms with Crippen LogP contribution in [0.2, 0.25) is 0 Å². The molecule has 1 unspecified atom stereocenters. The Morgan fingerprint density at radius 3 is 2.75 bits per heavy atom. The Balaban J connectivity index is 2.95. The van der Waals surface area contributed by atoms with Gasteiger partial charge >= 0.3 is 0 Å². The van der Waals surface area contributed by atoms with Crippen LogP contribution in [0.4, 0.5) is 4.39 Å². The van der Waals surface area contributed by atoms with Gasteiger partial charge in [-0.2, -0.15) is 0 Å². The molecule has 0 radical (unpaired) electrons. The second-order valence-electron chi connectivity index (χ2n) is 3.95. The van der Waals surface area contributed by atoms with Crippen LogP contribution in [0.15, 0.2) is 30.9 Å². The van der Waals surface area contributed by atoms with Crippen LogP contribution in [-0.2, 0) is 5.60 Å². The summed E-state index contributed by atoms with van der Waals surface area (Å²) >= 11 is 0. The van der Waals surface area contributed by atoms with Crippen LogP contribution in [0, 0.1) is 5.82 Å². The molecule has 1 N–H and O–H groups in total. The normalized spacial score (nSPS) is 14.2. The number of rotatable bonds is 5. The van der Waals surface area contributed by atoms with E-state index in [1.807, 2.05) is 0 Å². The molecule has 0 saturated carbocycles. The molecule has 0 aliphatic carbocycles. The van der Waals surface area contributed by atoms with Gasteiger partial charge in [0, 0.05) is 0 Å². The van der Waals surface area contributed by atoms with Crippen LogP contribution in [-0.4, -0.2) is 12.2 Å². The Morgan fingerprint density at radius 2 is 2.25 bits per heavy atom. The fourth-order valence-electron chi connectivity index (χ4n) is 1.53. The van der Waals surface area contributed by atoms with Crippen molar-refractivity contribution in [3.63, 3.8) is 0 Å². The molecule has 0 aliphatic heterocycles. The summed E-state index contributed by atoms with van der Waals surface area (Å²) in [5.41, 5.74) is -0.492. The molecule has 1 atom stereocenters. The van der Waals surface area contributed by atoms with E-state index >= 15 is 0 Å². The molecular formula is C13H17FO2. The van der Waals surface area contributed by atoms with Gasteiger partial charge in [-0.05, 0) is 37.5 Å². The highest BCUT2D eigenvalue weighted by molar-refractivity contribution is 5.32. The molecule has 1 aromatic rings. The minimum atomic E-state index is -1.04. The molecular weight excluding hydrogens is 207 g/mol. The number of halogens is 1. The number of methoxy groups -OCH3 is 1. The third-order valence-corrected chi connectivity index (χ3v) is 2.61. The van der Waals surface area contributed by atoms with Crippen LogP contribution in [0.3, 0.4) is 0 Å². The predicted molar refractivity (Wildman–Crippen MR) is 62.0 cm³/mol. The van der Waals surface area contributed by atoms with Gasteiger partial charge in [0.2, 0.25) is 0 Å². The van der Waals surface area contributed by atoms with Gasteiger partial charge in [-0.3, -0.25) is 0 Å². The van der Waals surface area contributed by atoms with Crippen molar-refractivity contribution in [3.8, 4) is 5.75 Å². The van der Waals surface area contributed by atoms with E-state index in [1.165, 1.54) is 19.2 Å². The first-order valence-electron chi connectivity index (χ1n) is 5.18. The fourth-order valence-corrected chi connectivity index (χ4v) is 1.53. The highest BCUT2D eigenvalue weighted by atomic mass is 19.1. The van der Waals surface area contributed by atoms with E-state index in [0.29, 0.717) is 18.4 Å². The molecule has 1 rings (SSSR count). The molecule has 88 valence electrons. The minimum absolute atomic E-state index is 0.184. The summed E-state index contributed by atoms with van der Waals surface area (Å²) in [7, 11) is 1.41. The van der Waals surface area contributed by atoms with Crippen LogP contribution in [0.5, 0.6) is 5.75 Å². The summed E-state index contributed by atoms with van der Waals surface area (Å²) in [4.78, 5) is 0. The molecule has 0 aromatic heterocycles. The van der Waals surface area contributed by atoms with Gasteiger partial charge in [0.15, 0.2) is 11.6 Å². The summed E-state index contributed by atoms with van der Waals surface area (Å²) in [6.07, 6.45) is 2.93. The Morgan fingerprint density at radius 1 is 1.56 bits per heavy atom. The molecule has 0 spiro atoms. The maximum absolute atomic E-state index is 13.4. The van der Waals surface area contributed by atoms with Crippen molar-refractivity contribution in [2.24, 2.45) is 0 Å². The molecule has 0 saturated heterocycles. The average molecular weight is 224 g/mol. The van der Waals surface area contributed by atoms with Crippen molar-refractivity contribution < 1.29 is 14.2 Å². The molecule has 16 heavy (non-hydrogen) atoms. The maximum Gasteiger partial charge on any atom is 0.165 e. The number of benzene rings is 1. The second kappa shape index (κ2) is 5.12. The van der Waals surface area contributed by atoms with Crippen molar-refractivity contribution in [2.45, 2.75) is 25.4 Å². The summed E-state index contributed by atoms with van der Waals surface area (Å²) in [5.74, 6) is -0.276. The van der Waals surface area contributed by atoms with Crippen molar-refractivity contribution >= 4 is 0 Å². The Labute approximate surface area is 95.4 Å². The lowest BCUT2D eigenvalue weighted by atomic mass is 9.91. The monoisotopic (exact) mass is 224 g/mol. The van der Waals surface area contributed by atoms with E-state index in [4.69, 9.17) is 4.74 Å². The summed E-state index contributed by atoms with van der Waals surface area (Å²) in [5, 5.41) is 10.1. The van der Waals surface area contributed by atoms with Crippen LogP contribution >= 0.6 is 0 Å². The number of ether oxygens (including phenoxy) is 1. The van der Waals surface area contributed by atoms with Gasteiger partial charge in [-0.1, -0.05) is 12.1 Å². The number of hydrogen-bond donors (Lipinski definition) is 1. The molecule has 2 nitrogen and oxygen atoms in total. The van der Waals surface area contributed by atoms with E-state index in [2.05, 4.69) is 6.58 Å². The average Bonchev–Trinajstić information content (AvgIpc) is 2.26. The standard InChI is InChI=1S/C13H17FO2/c1-4-5-8-13(2,15)10-6-7-12(16-3)11(14)9-10/h4,6-7,9,15H,1,5,8H2,2-3H3. The van der Waals surface area contributed by atoms with Crippen molar-refractivity contribution in [3.05, 3.63) is 42.2 Å². The Bertz CT molecular complexity index is 372. The summed E-state index contributed by atoms with van der Waals surface area (Å²) < 4.78 is 18.3. The summed E-state index contributed by atoms with van der Waals surface area (Å²) in [6, 6.07) is 4.50. The largest absolute Gasteiger partial charge is 0.494 e. The first-order valence-corrected chi connectivity index (χ1v) is 5.18. The van der Waals surface area contributed by atoms with Gasteiger partial charge in [-0.15, -0.1) is 6.58 Å². The van der Waals surface area contributed by atoms with Gasteiger partial charge in [-0.25, -0.2) is 4.39 Å². The van der Waals surface area contributed by atoms with Crippen LogP contribution < -0.4 is 4.74 Å². The number of hydrogen-bond acceptors (Lipinski definition) is 2. The molecule has 0 bridgehead atoms. The van der Waals surface area contributed by atoms with Gasteiger partial charge in [0.05, 0.1) is 12.7 Å². The Kier molecular flexibility index (Phi) is 4.07. The number of allylic oxidation sites excluding steroid dienone is 1. The van der Waals surface area contributed by atoms with E-state index in [1.54, 1.807) is 19.1 Å².